The van der Waals surface area contributed by atoms with Crippen LogP contribution in [0.5, 0.6) is 0 Å². The Balaban J connectivity index is 0.00000625. The predicted molar refractivity (Wildman–Crippen MR) is 119 cm³/mol. The third kappa shape index (κ3) is 11.1. The van der Waals surface area contributed by atoms with Crippen LogP contribution in [0.3, 0.4) is 0 Å². The molecule has 1 aliphatic rings. The lowest BCUT2D eigenvalue weighted by Crippen LogP contribution is -2.42. The molecule has 1 saturated heterocycles. The molecule has 0 aromatic carbocycles. The molecule has 2 N–H and O–H groups in total. The molecule has 0 aromatic heterocycles. The molecule has 154 valence electrons. The Hall–Kier alpha value is -0.730. The number of hydrogen-bond donors (Lipinski definition) is 2. The standard InChI is InChI=1S/C19H38N4O2.HI/c1-7-20-17(21-11-8-15(2)3)22-14-16-9-12-23(13-10-16)18(24)25-19(4,5)6;/h15-16H,7-14H2,1-6H3,(H2,20,21,22);1H. The molecular weight excluding hydrogens is 443 g/mol. The number of carbonyl (C=O) groups is 1. The summed E-state index contributed by atoms with van der Waals surface area (Å²) in [7, 11) is 0. The second kappa shape index (κ2) is 12.6. The Morgan fingerprint density at radius 3 is 2.35 bits per heavy atom. The number of nitrogens with one attached hydrogen (secondary N) is 2. The van der Waals surface area contributed by atoms with Gasteiger partial charge in [0, 0.05) is 32.7 Å². The first kappa shape index (κ1) is 25.3. The fraction of sp³-hybridized carbons (Fsp3) is 0.895. The van der Waals surface area contributed by atoms with E-state index < -0.39 is 5.60 Å². The van der Waals surface area contributed by atoms with Crippen molar-refractivity contribution in [3.63, 3.8) is 0 Å². The van der Waals surface area contributed by atoms with Gasteiger partial charge >= 0.3 is 6.09 Å². The van der Waals surface area contributed by atoms with E-state index in [-0.39, 0.29) is 30.1 Å². The van der Waals surface area contributed by atoms with Crippen LogP contribution in [-0.2, 0) is 4.74 Å². The molecule has 1 aliphatic heterocycles. The minimum Gasteiger partial charge on any atom is -0.444 e. The summed E-state index contributed by atoms with van der Waals surface area (Å²) in [6.07, 6.45) is 2.90. The Morgan fingerprint density at radius 2 is 1.85 bits per heavy atom. The second-order valence-corrected chi connectivity index (χ2v) is 8.24. The molecule has 0 spiro atoms. The summed E-state index contributed by atoms with van der Waals surface area (Å²) in [5, 5.41) is 6.70. The Labute approximate surface area is 176 Å². The number of piperidine rings is 1. The van der Waals surface area contributed by atoms with E-state index in [0.717, 1.165) is 57.9 Å². The molecule has 1 rings (SSSR count). The summed E-state index contributed by atoms with van der Waals surface area (Å²) < 4.78 is 5.45. The highest BCUT2D eigenvalue weighted by Crippen LogP contribution is 2.19. The fourth-order valence-corrected chi connectivity index (χ4v) is 2.67. The number of carbonyl (C=O) groups excluding carboxylic acids is 1. The van der Waals surface area contributed by atoms with Crippen molar-refractivity contribution >= 4 is 36.0 Å². The van der Waals surface area contributed by atoms with Crippen molar-refractivity contribution in [3.8, 4) is 0 Å². The molecule has 0 aliphatic carbocycles. The van der Waals surface area contributed by atoms with Gasteiger partial charge in [-0.25, -0.2) is 4.79 Å². The number of guanidine groups is 1. The molecule has 0 unspecified atom stereocenters. The Morgan fingerprint density at radius 1 is 1.23 bits per heavy atom. The minimum absolute atomic E-state index is 0. The van der Waals surface area contributed by atoms with E-state index in [1.807, 2.05) is 25.7 Å². The summed E-state index contributed by atoms with van der Waals surface area (Å²) in [5.41, 5.74) is -0.430. The summed E-state index contributed by atoms with van der Waals surface area (Å²) in [6.45, 7) is 16.4. The first-order valence-corrected chi connectivity index (χ1v) is 9.71. The van der Waals surface area contributed by atoms with Crippen molar-refractivity contribution < 1.29 is 9.53 Å². The van der Waals surface area contributed by atoms with E-state index in [2.05, 4.69) is 31.4 Å². The molecule has 0 atom stereocenters. The summed E-state index contributed by atoms with van der Waals surface area (Å²) in [5.74, 6) is 2.12. The van der Waals surface area contributed by atoms with Crippen molar-refractivity contribution in [2.75, 3.05) is 32.7 Å². The summed E-state index contributed by atoms with van der Waals surface area (Å²) in [6, 6.07) is 0. The zero-order chi connectivity index (χ0) is 18.9. The third-order valence-corrected chi connectivity index (χ3v) is 4.13. The van der Waals surface area contributed by atoms with Crippen LogP contribution in [0.4, 0.5) is 4.79 Å². The Kier molecular flexibility index (Phi) is 12.3. The highest BCUT2D eigenvalue weighted by atomic mass is 127. The molecular formula is C19H39IN4O2. The second-order valence-electron chi connectivity index (χ2n) is 8.24. The number of amides is 1. The zero-order valence-electron chi connectivity index (χ0n) is 17.4. The molecule has 0 saturated carbocycles. The lowest BCUT2D eigenvalue weighted by Gasteiger charge is -2.33. The highest BCUT2D eigenvalue weighted by molar-refractivity contribution is 14.0. The van der Waals surface area contributed by atoms with E-state index in [0.29, 0.717) is 11.8 Å². The van der Waals surface area contributed by atoms with Gasteiger partial charge in [0.2, 0.25) is 0 Å². The van der Waals surface area contributed by atoms with Crippen LogP contribution in [0, 0.1) is 11.8 Å². The SMILES string of the molecule is CCNC(=NCC1CCN(C(=O)OC(C)(C)C)CC1)NCCC(C)C.I. The van der Waals surface area contributed by atoms with Gasteiger partial charge in [0.05, 0.1) is 0 Å². The van der Waals surface area contributed by atoms with Gasteiger partial charge < -0.3 is 20.3 Å². The van der Waals surface area contributed by atoms with Crippen molar-refractivity contribution in [2.45, 2.75) is 66.4 Å². The minimum atomic E-state index is -0.430. The first-order chi connectivity index (χ1) is 11.7. The maximum atomic E-state index is 12.1. The zero-order valence-corrected chi connectivity index (χ0v) is 19.8. The van der Waals surface area contributed by atoms with E-state index >= 15 is 0 Å². The largest absolute Gasteiger partial charge is 0.444 e. The smallest absolute Gasteiger partial charge is 0.410 e. The topological polar surface area (TPSA) is 66.0 Å². The van der Waals surface area contributed by atoms with Crippen molar-refractivity contribution in [2.24, 2.45) is 16.8 Å². The van der Waals surface area contributed by atoms with E-state index in [9.17, 15) is 4.79 Å². The fourth-order valence-electron chi connectivity index (χ4n) is 2.67. The Bertz CT molecular complexity index is 428. The van der Waals surface area contributed by atoms with E-state index in [1.54, 1.807) is 0 Å². The van der Waals surface area contributed by atoms with Crippen LogP contribution in [0.25, 0.3) is 0 Å². The van der Waals surface area contributed by atoms with Gasteiger partial charge in [-0.3, -0.25) is 4.99 Å². The summed E-state index contributed by atoms with van der Waals surface area (Å²) >= 11 is 0. The predicted octanol–water partition coefficient (Wildman–Crippen LogP) is 3.85. The molecule has 0 bridgehead atoms. The average molecular weight is 482 g/mol. The number of likely N-dealkylation sites (tertiary alicyclic amines) is 1. The molecule has 6 nitrogen and oxygen atoms in total. The molecule has 7 heteroatoms. The molecule has 1 heterocycles. The van der Waals surface area contributed by atoms with E-state index in [1.165, 1.54) is 0 Å². The van der Waals surface area contributed by atoms with Crippen LogP contribution in [0.2, 0.25) is 0 Å². The maximum absolute atomic E-state index is 12.1. The molecule has 1 fully saturated rings. The van der Waals surface area contributed by atoms with Crippen LogP contribution < -0.4 is 10.6 Å². The molecule has 0 aromatic rings. The van der Waals surface area contributed by atoms with Gasteiger partial charge in [-0.2, -0.15) is 0 Å². The van der Waals surface area contributed by atoms with Gasteiger partial charge in [0.15, 0.2) is 5.96 Å². The van der Waals surface area contributed by atoms with Crippen LogP contribution in [0.15, 0.2) is 4.99 Å². The number of halogens is 1. The van der Waals surface area contributed by atoms with Crippen LogP contribution in [-0.4, -0.2) is 55.3 Å². The normalized spacial score (nSPS) is 16.3. The number of ether oxygens (including phenoxy) is 1. The van der Waals surface area contributed by atoms with Crippen LogP contribution in [0.1, 0.15) is 60.8 Å². The number of rotatable bonds is 6. The third-order valence-electron chi connectivity index (χ3n) is 4.13. The quantitative estimate of drug-likeness (QED) is 0.343. The number of nitrogens with zero attached hydrogens (tertiary/aromatic N) is 2. The maximum Gasteiger partial charge on any atom is 0.410 e. The van der Waals surface area contributed by atoms with Gasteiger partial charge in [-0.1, -0.05) is 13.8 Å². The van der Waals surface area contributed by atoms with Crippen LogP contribution >= 0.6 is 24.0 Å². The lowest BCUT2D eigenvalue weighted by molar-refractivity contribution is 0.0187. The number of aliphatic imine (C=N–C) groups is 1. The lowest BCUT2D eigenvalue weighted by atomic mass is 9.97. The van der Waals surface area contributed by atoms with E-state index in [4.69, 9.17) is 9.73 Å². The highest BCUT2D eigenvalue weighted by Gasteiger charge is 2.26. The van der Waals surface area contributed by atoms with Gasteiger partial charge in [-0.05, 0) is 58.8 Å². The number of hydrogen-bond acceptors (Lipinski definition) is 3. The first-order valence-electron chi connectivity index (χ1n) is 9.71. The van der Waals surface area contributed by atoms with Crippen molar-refractivity contribution in [1.82, 2.24) is 15.5 Å². The van der Waals surface area contributed by atoms with Gasteiger partial charge in [0.25, 0.3) is 0 Å². The monoisotopic (exact) mass is 482 g/mol. The van der Waals surface area contributed by atoms with Gasteiger partial charge in [-0.15, -0.1) is 24.0 Å². The van der Waals surface area contributed by atoms with Crippen molar-refractivity contribution in [3.05, 3.63) is 0 Å². The van der Waals surface area contributed by atoms with Crippen molar-refractivity contribution in [1.29, 1.82) is 0 Å². The van der Waals surface area contributed by atoms with Gasteiger partial charge in [0.1, 0.15) is 5.60 Å². The molecule has 26 heavy (non-hydrogen) atoms. The molecule has 1 amide bonds. The summed E-state index contributed by atoms with van der Waals surface area (Å²) in [4.78, 5) is 18.6. The molecule has 0 radical (unpaired) electrons. The average Bonchev–Trinajstić information content (AvgIpc) is 2.51.